The van der Waals surface area contributed by atoms with E-state index in [1.807, 2.05) is 19.2 Å². The highest BCUT2D eigenvalue weighted by molar-refractivity contribution is 9.10. The largest absolute Gasteiger partial charge is 0.315 e. The van der Waals surface area contributed by atoms with Crippen LogP contribution >= 0.6 is 15.9 Å². The molecule has 0 saturated heterocycles. The van der Waals surface area contributed by atoms with E-state index in [9.17, 15) is 4.79 Å². The lowest BCUT2D eigenvalue weighted by atomic mass is 10.3. The van der Waals surface area contributed by atoms with Gasteiger partial charge in [-0.05, 0) is 35.5 Å². The summed E-state index contributed by atoms with van der Waals surface area (Å²) < 4.78 is 2.67. The summed E-state index contributed by atoms with van der Waals surface area (Å²) in [6, 6.07) is 1.84. The molecule has 0 saturated carbocycles. The van der Waals surface area contributed by atoms with Crippen LogP contribution in [-0.4, -0.2) is 17.7 Å². The van der Waals surface area contributed by atoms with Gasteiger partial charge in [0.05, 0.1) is 0 Å². The fourth-order valence-corrected chi connectivity index (χ4v) is 1.87. The Hall–Kier alpha value is -0.610. The topological polar surface area (TPSA) is 34.0 Å². The second-order valence-corrected chi connectivity index (χ2v) is 4.11. The molecule has 0 aliphatic heterocycles. The predicted molar refractivity (Wildman–Crippen MR) is 61.7 cm³/mol. The van der Waals surface area contributed by atoms with Gasteiger partial charge in [-0.3, -0.25) is 4.79 Å². The fourth-order valence-electron chi connectivity index (χ4n) is 1.28. The van der Waals surface area contributed by atoms with Gasteiger partial charge in [0.2, 0.25) is 0 Å². The summed E-state index contributed by atoms with van der Waals surface area (Å²) in [6.45, 7) is 6.35. The monoisotopic (exact) mass is 258 g/mol. The zero-order chi connectivity index (χ0) is 10.6. The summed E-state index contributed by atoms with van der Waals surface area (Å²) in [5.41, 5.74) is 0.863. The SMILES string of the molecule is CCNCCn1cc(Br)cc(C)c1=O. The second-order valence-electron chi connectivity index (χ2n) is 3.19. The van der Waals surface area contributed by atoms with Crippen LogP contribution in [0.25, 0.3) is 0 Å². The first-order chi connectivity index (χ1) is 6.65. The molecule has 0 radical (unpaired) electrons. The van der Waals surface area contributed by atoms with E-state index < -0.39 is 0 Å². The first kappa shape index (κ1) is 11.5. The van der Waals surface area contributed by atoms with Crippen LogP contribution in [0.4, 0.5) is 0 Å². The van der Waals surface area contributed by atoms with Crippen molar-refractivity contribution in [1.82, 2.24) is 9.88 Å². The maximum Gasteiger partial charge on any atom is 0.253 e. The van der Waals surface area contributed by atoms with Gasteiger partial charge in [-0.15, -0.1) is 0 Å². The van der Waals surface area contributed by atoms with E-state index in [-0.39, 0.29) is 5.56 Å². The van der Waals surface area contributed by atoms with Crippen LogP contribution in [0.2, 0.25) is 0 Å². The number of aryl methyl sites for hydroxylation is 1. The smallest absolute Gasteiger partial charge is 0.253 e. The Labute approximate surface area is 92.3 Å². The zero-order valence-corrected chi connectivity index (χ0v) is 10.1. The lowest BCUT2D eigenvalue weighted by Crippen LogP contribution is -2.27. The van der Waals surface area contributed by atoms with Crippen LogP contribution < -0.4 is 10.9 Å². The second kappa shape index (κ2) is 5.32. The van der Waals surface area contributed by atoms with Crippen LogP contribution in [0.5, 0.6) is 0 Å². The molecular weight excluding hydrogens is 244 g/mol. The average Bonchev–Trinajstić information content (AvgIpc) is 2.13. The Balaban J connectivity index is 2.81. The number of pyridine rings is 1. The van der Waals surface area contributed by atoms with Gasteiger partial charge in [-0.1, -0.05) is 6.92 Å². The molecule has 14 heavy (non-hydrogen) atoms. The molecule has 0 amide bonds. The summed E-state index contributed by atoms with van der Waals surface area (Å²) in [5.74, 6) is 0. The number of nitrogens with zero attached hydrogens (tertiary/aromatic N) is 1. The molecule has 0 spiro atoms. The lowest BCUT2D eigenvalue weighted by molar-refractivity contribution is 0.596. The number of aromatic nitrogens is 1. The Kier molecular flexibility index (Phi) is 4.35. The highest BCUT2D eigenvalue weighted by Crippen LogP contribution is 2.07. The quantitative estimate of drug-likeness (QED) is 0.832. The van der Waals surface area contributed by atoms with Crippen molar-refractivity contribution < 1.29 is 0 Å². The molecule has 0 fully saturated rings. The maximum absolute atomic E-state index is 11.6. The van der Waals surface area contributed by atoms with Gasteiger partial charge in [0.1, 0.15) is 0 Å². The van der Waals surface area contributed by atoms with E-state index in [0.717, 1.165) is 23.1 Å². The van der Waals surface area contributed by atoms with Crippen molar-refractivity contribution >= 4 is 15.9 Å². The Bertz CT molecular complexity index is 360. The van der Waals surface area contributed by atoms with Crippen LogP contribution in [0.1, 0.15) is 12.5 Å². The minimum atomic E-state index is 0.0890. The molecule has 0 aromatic carbocycles. The molecule has 0 aliphatic carbocycles. The maximum atomic E-state index is 11.6. The summed E-state index contributed by atoms with van der Waals surface area (Å²) in [6.07, 6.45) is 1.83. The van der Waals surface area contributed by atoms with Crippen LogP contribution in [0.3, 0.4) is 0 Å². The molecule has 78 valence electrons. The number of rotatable bonds is 4. The Morgan fingerprint density at radius 2 is 2.29 bits per heavy atom. The highest BCUT2D eigenvalue weighted by Gasteiger charge is 2.00. The third-order valence-corrected chi connectivity index (χ3v) is 2.44. The molecule has 4 heteroatoms. The minimum absolute atomic E-state index is 0.0890. The van der Waals surface area contributed by atoms with E-state index in [1.165, 1.54) is 0 Å². The predicted octanol–water partition coefficient (Wildman–Crippen LogP) is 1.53. The molecule has 1 aromatic rings. The fraction of sp³-hybridized carbons (Fsp3) is 0.500. The zero-order valence-electron chi connectivity index (χ0n) is 8.51. The van der Waals surface area contributed by atoms with Crippen molar-refractivity contribution in [2.75, 3.05) is 13.1 Å². The molecule has 1 heterocycles. The van der Waals surface area contributed by atoms with Crippen molar-refractivity contribution in [1.29, 1.82) is 0 Å². The summed E-state index contributed by atoms with van der Waals surface area (Å²) in [4.78, 5) is 11.6. The van der Waals surface area contributed by atoms with Gasteiger partial charge in [-0.2, -0.15) is 0 Å². The van der Waals surface area contributed by atoms with Crippen molar-refractivity contribution in [3.63, 3.8) is 0 Å². The summed E-state index contributed by atoms with van der Waals surface area (Å²) in [5, 5.41) is 3.19. The van der Waals surface area contributed by atoms with Gasteiger partial charge >= 0.3 is 0 Å². The number of likely N-dealkylation sites (N-methyl/N-ethyl adjacent to an activating group) is 1. The molecule has 1 rings (SSSR count). The van der Waals surface area contributed by atoms with E-state index >= 15 is 0 Å². The van der Waals surface area contributed by atoms with E-state index in [4.69, 9.17) is 0 Å². The van der Waals surface area contributed by atoms with Crippen molar-refractivity contribution in [2.45, 2.75) is 20.4 Å². The first-order valence-electron chi connectivity index (χ1n) is 4.72. The molecule has 0 unspecified atom stereocenters. The van der Waals surface area contributed by atoms with Crippen LogP contribution in [0.15, 0.2) is 21.5 Å². The molecule has 0 aliphatic rings. The number of nitrogens with one attached hydrogen (secondary N) is 1. The average molecular weight is 259 g/mol. The van der Waals surface area contributed by atoms with Gasteiger partial charge in [0.25, 0.3) is 5.56 Å². The molecule has 0 bridgehead atoms. The third-order valence-electron chi connectivity index (χ3n) is 2.01. The van der Waals surface area contributed by atoms with Gasteiger partial charge < -0.3 is 9.88 Å². The molecule has 0 atom stereocenters. The Morgan fingerprint density at radius 1 is 1.57 bits per heavy atom. The van der Waals surface area contributed by atoms with Crippen LogP contribution in [-0.2, 0) is 6.54 Å². The summed E-state index contributed by atoms with van der Waals surface area (Å²) in [7, 11) is 0. The van der Waals surface area contributed by atoms with Gasteiger partial charge in [-0.25, -0.2) is 0 Å². The lowest BCUT2D eigenvalue weighted by Gasteiger charge is -2.07. The number of halogens is 1. The van der Waals surface area contributed by atoms with Gasteiger partial charge in [0, 0.05) is 29.3 Å². The normalized spacial score (nSPS) is 10.5. The molecule has 3 nitrogen and oxygen atoms in total. The molecular formula is C10H15BrN2O. The standard InChI is InChI=1S/C10H15BrN2O/c1-3-12-4-5-13-7-9(11)6-8(2)10(13)14/h6-7,12H,3-5H2,1-2H3. The molecule has 1 N–H and O–H groups in total. The van der Waals surface area contributed by atoms with Gasteiger partial charge in [0.15, 0.2) is 0 Å². The molecule has 1 aromatic heterocycles. The van der Waals surface area contributed by atoms with E-state index in [1.54, 1.807) is 4.57 Å². The summed E-state index contributed by atoms with van der Waals surface area (Å²) >= 11 is 3.38. The highest BCUT2D eigenvalue weighted by atomic mass is 79.9. The third kappa shape index (κ3) is 2.96. The number of hydrogen-bond donors (Lipinski definition) is 1. The van der Waals surface area contributed by atoms with E-state index in [2.05, 4.69) is 28.2 Å². The first-order valence-corrected chi connectivity index (χ1v) is 5.51. The minimum Gasteiger partial charge on any atom is -0.315 e. The van der Waals surface area contributed by atoms with Crippen LogP contribution in [0, 0.1) is 6.92 Å². The van der Waals surface area contributed by atoms with Crippen molar-refractivity contribution in [2.24, 2.45) is 0 Å². The van der Waals surface area contributed by atoms with Crippen molar-refractivity contribution in [3.8, 4) is 0 Å². The van der Waals surface area contributed by atoms with Crippen molar-refractivity contribution in [3.05, 3.63) is 32.7 Å². The number of hydrogen-bond acceptors (Lipinski definition) is 2. The van der Waals surface area contributed by atoms with E-state index in [0.29, 0.717) is 6.54 Å². The Morgan fingerprint density at radius 3 is 2.93 bits per heavy atom.